The summed E-state index contributed by atoms with van der Waals surface area (Å²) in [6.45, 7) is 3.52. The van der Waals surface area contributed by atoms with Crippen molar-refractivity contribution >= 4 is 11.9 Å². The summed E-state index contributed by atoms with van der Waals surface area (Å²) in [6.07, 6.45) is 1.59. The number of hydrogen-bond donors (Lipinski definition) is 2. The number of carboxylic acid groups (broad SMARTS) is 1. The van der Waals surface area contributed by atoms with Gasteiger partial charge in [-0.3, -0.25) is 9.59 Å². The Balaban J connectivity index is 0. The molecule has 0 aromatic heterocycles. The highest BCUT2D eigenvalue weighted by molar-refractivity contribution is 5.73. The smallest absolute Gasteiger partial charge is 0.303 e. The maximum Gasteiger partial charge on any atom is 0.303 e. The maximum atomic E-state index is 9.82. The Hall–Kier alpha value is -1.06. The van der Waals surface area contributed by atoms with Gasteiger partial charge in [0.25, 0.3) is 0 Å². The maximum absolute atomic E-state index is 9.82. The van der Waals surface area contributed by atoms with Gasteiger partial charge in [0.2, 0.25) is 5.91 Å². The van der Waals surface area contributed by atoms with Gasteiger partial charge in [-0.2, -0.15) is 0 Å². The predicted octanol–water partition coefficient (Wildman–Crippen LogP) is 0.753. The zero-order valence-corrected chi connectivity index (χ0v) is 6.96. The second kappa shape index (κ2) is 8.94. The topological polar surface area (TPSA) is 80.4 Å². The van der Waals surface area contributed by atoms with Crippen molar-refractivity contribution in [2.75, 3.05) is 0 Å². The lowest BCUT2D eigenvalue weighted by molar-refractivity contribution is -0.136. The van der Waals surface area contributed by atoms with E-state index in [0.717, 1.165) is 6.42 Å². The molecule has 0 atom stereocenters. The van der Waals surface area contributed by atoms with Crippen molar-refractivity contribution in [2.24, 2.45) is 5.73 Å². The van der Waals surface area contributed by atoms with Gasteiger partial charge in [-0.1, -0.05) is 13.8 Å². The van der Waals surface area contributed by atoms with Gasteiger partial charge in [0, 0.05) is 12.8 Å². The first-order valence-corrected chi connectivity index (χ1v) is 3.54. The molecule has 0 bridgehead atoms. The summed E-state index contributed by atoms with van der Waals surface area (Å²) in [5.74, 6) is -0.956. The lowest BCUT2D eigenvalue weighted by Crippen LogP contribution is -2.08. The molecule has 4 nitrogen and oxygen atoms in total. The molecule has 11 heavy (non-hydrogen) atoms. The number of carbonyl (C=O) groups is 2. The van der Waals surface area contributed by atoms with Gasteiger partial charge in [0.1, 0.15) is 0 Å². The highest BCUT2D eigenvalue weighted by Gasteiger charge is 1.84. The van der Waals surface area contributed by atoms with Crippen molar-refractivity contribution in [1.82, 2.24) is 0 Å². The second-order valence-electron chi connectivity index (χ2n) is 1.96. The van der Waals surface area contributed by atoms with E-state index >= 15 is 0 Å². The Kier molecular flexibility index (Phi) is 10.2. The van der Waals surface area contributed by atoms with Crippen molar-refractivity contribution in [1.29, 1.82) is 0 Å². The largest absolute Gasteiger partial charge is 0.481 e. The molecule has 0 aliphatic carbocycles. The number of aliphatic carboxylic acids is 1. The molecule has 1 amide bonds. The van der Waals surface area contributed by atoms with Gasteiger partial charge in [-0.25, -0.2) is 0 Å². The van der Waals surface area contributed by atoms with E-state index < -0.39 is 5.97 Å². The Morgan fingerprint density at radius 3 is 1.73 bits per heavy atom. The average Bonchev–Trinajstić information content (AvgIpc) is 1.89. The lowest BCUT2D eigenvalue weighted by atomic mass is 10.3. The second-order valence-corrected chi connectivity index (χ2v) is 1.96. The summed E-state index contributed by atoms with van der Waals surface area (Å²) in [7, 11) is 0. The Morgan fingerprint density at radius 1 is 1.36 bits per heavy atom. The van der Waals surface area contributed by atoms with Crippen LogP contribution in [0.15, 0.2) is 0 Å². The Bertz CT molecular complexity index is 123. The zero-order chi connectivity index (χ0) is 9.28. The summed E-state index contributed by atoms with van der Waals surface area (Å²) in [4.78, 5) is 19.2. The quantitative estimate of drug-likeness (QED) is 0.641. The molecule has 0 aromatic rings. The number of rotatable bonds is 3. The van der Waals surface area contributed by atoms with Crippen LogP contribution in [0, 0.1) is 0 Å². The summed E-state index contributed by atoms with van der Waals surface area (Å²) in [5, 5.41) is 7.72. The van der Waals surface area contributed by atoms with Crippen molar-refractivity contribution in [3.05, 3.63) is 0 Å². The number of carboxylic acids is 1. The molecule has 66 valence electrons. The Labute approximate surface area is 66.4 Å². The third-order valence-electron chi connectivity index (χ3n) is 0.799. The molecule has 0 heterocycles. The van der Waals surface area contributed by atoms with Crippen LogP contribution in [0.3, 0.4) is 0 Å². The van der Waals surface area contributed by atoms with E-state index in [9.17, 15) is 9.59 Å². The molecule has 0 saturated heterocycles. The molecule has 0 unspecified atom stereocenters. The van der Waals surface area contributed by atoms with Crippen LogP contribution in [0.5, 0.6) is 0 Å². The molecule has 0 rings (SSSR count). The minimum absolute atomic E-state index is 0.211. The van der Waals surface area contributed by atoms with Crippen LogP contribution >= 0.6 is 0 Å². The van der Waals surface area contributed by atoms with E-state index in [-0.39, 0.29) is 12.3 Å². The van der Waals surface area contributed by atoms with E-state index in [1.807, 2.05) is 6.92 Å². The fraction of sp³-hybridized carbons (Fsp3) is 0.714. The molecule has 0 radical (unpaired) electrons. The van der Waals surface area contributed by atoms with E-state index in [0.29, 0.717) is 6.42 Å². The molecule has 0 spiro atoms. The summed E-state index contributed by atoms with van der Waals surface area (Å²) in [5.41, 5.74) is 4.76. The van der Waals surface area contributed by atoms with Gasteiger partial charge in [0.05, 0.1) is 0 Å². The van der Waals surface area contributed by atoms with Gasteiger partial charge >= 0.3 is 5.97 Å². The molecule has 0 aliphatic heterocycles. The number of nitrogens with two attached hydrogens (primary N) is 1. The fourth-order valence-corrected chi connectivity index (χ4v) is 0.246. The van der Waals surface area contributed by atoms with Crippen molar-refractivity contribution < 1.29 is 14.7 Å². The molecule has 0 fully saturated rings. The third kappa shape index (κ3) is 27.7. The highest BCUT2D eigenvalue weighted by atomic mass is 16.4. The summed E-state index contributed by atoms with van der Waals surface area (Å²) in [6, 6.07) is 0. The predicted molar refractivity (Wildman–Crippen MR) is 42.0 cm³/mol. The molecule has 0 aromatic carbocycles. The number of amides is 1. The van der Waals surface area contributed by atoms with Crippen LogP contribution < -0.4 is 5.73 Å². The third-order valence-corrected chi connectivity index (χ3v) is 0.799. The summed E-state index contributed by atoms with van der Waals surface area (Å²) >= 11 is 0. The van der Waals surface area contributed by atoms with Crippen LogP contribution in [0.25, 0.3) is 0 Å². The van der Waals surface area contributed by atoms with Crippen LogP contribution in [-0.4, -0.2) is 17.0 Å². The Morgan fingerprint density at radius 2 is 1.73 bits per heavy atom. The molecule has 3 N–H and O–H groups in total. The minimum Gasteiger partial charge on any atom is -0.481 e. The van der Waals surface area contributed by atoms with Crippen molar-refractivity contribution in [3.63, 3.8) is 0 Å². The fourth-order valence-electron chi connectivity index (χ4n) is 0.246. The van der Waals surface area contributed by atoms with Crippen LogP contribution in [0.1, 0.15) is 33.1 Å². The summed E-state index contributed by atoms with van der Waals surface area (Å²) < 4.78 is 0. The first-order valence-electron chi connectivity index (χ1n) is 3.54. The molecule has 4 heteroatoms. The van der Waals surface area contributed by atoms with Gasteiger partial charge in [-0.05, 0) is 6.42 Å². The monoisotopic (exact) mass is 161 g/mol. The minimum atomic E-state index is -0.745. The molecule has 0 aliphatic rings. The molecular formula is C7H15NO3. The van der Waals surface area contributed by atoms with E-state index in [1.54, 1.807) is 6.92 Å². The average molecular weight is 161 g/mol. The van der Waals surface area contributed by atoms with E-state index in [2.05, 4.69) is 0 Å². The zero-order valence-electron chi connectivity index (χ0n) is 6.96. The van der Waals surface area contributed by atoms with Crippen LogP contribution in [0.4, 0.5) is 0 Å². The number of carbonyl (C=O) groups excluding carboxylic acids is 1. The standard InChI is InChI=1S/C4H9NO.C3H6O2/c1-2-3-4(5)6;1-2-3(4)5/h2-3H2,1H3,(H2,5,6);2H2,1H3,(H,4,5). The van der Waals surface area contributed by atoms with Crippen LogP contribution in [0.2, 0.25) is 0 Å². The lowest BCUT2D eigenvalue weighted by Gasteiger charge is -1.81. The normalized spacial score (nSPS) is 7.82. The van der Waals surface area contributed by atoms with Gasteiger partial charge in [-0.15, -0.1) is 0 Å². The van der Waals surface area contributed by atoms with Gasteiger partial charge in [0.15, 0.2) is 0 Å². The SMILES string of the molecule is CCC(=O)O.CCCC(N)=O. The first-order chi connectivity index (χ1) is 5.04. The van der Waals surface area contributed by atoms with Crippen LogP contribution in [-0.2, 0) is 9.59 Å². The van der Waals surface area contributed by atoms with E-state index in [4.69, 9.17) is 10.8 Å². The van der Waals surface area contributed by atoms with Crippen molar-refractivity contribution in [2.45, 2.75) is 33.1 Å². The number of primary amides is 1. The molecular weight excluding hydrogens is 146 g/mol. The van der Waals surface area contributed by atoms with Gasteiger partial charge < -0.3 is 10.8 Å². The van der Waals surface area contributed by atoms with Crippen molar-refractivity contribution in [3.8, 4) is 0 Å². The first kappa shape index (κ1) is 12.6. The van der Waals surface area contributed by atoms with E-state index in [1.165, 1.54) is 0 Å². The molecule has 0 saturated carbocycles. The number of hydrogen-bond acceptors (Lipinski definition) is 2. The highest BCUT2D eigenvalue weighted by Crippen LogP contribution is 1.79.